The van der Waals surface area contributed by atoms with Gasteiger partial charge in [0.2, 0.25) is 0 Å². The minimum Gasteiger partial charge on any atom is -0.505 e. The number of amides is 1. The number of hydrogen-bond acceptors (Lipinski definition) is 7. The van der Waals surface area contributed by atoms with Gasteiger partial charge in [-0.1, -0.05) is 17.7 Å². The lowest BCUT2D eigenvalue weighted by molar-refractivity contribution is -0.123. The summed E-state index contributed by atoms with van der Waals surface area (Å²) in [7, 11) is -4.38. The van der Waals surface area contributed by atoms with Crippen molar-refractivity contribution in [3.05, 3.63) is 82.4 Å². The molecule has 2 aliphatic heterocycles. The van der Waals surface area contributed by atoms with Gasteiger partial charge < -0.3 is 19.7 Å². The summed E-state index contributed by atoms with van der Waals surface area (Å²) in [5, 5.41) is 16.4. The number of carbonyl (C=O) groups is 2. The van der Waals surface area contributed by atoms with Crippen molar-refractivity contribution >= 4 is 56.5 Å². The fourth-order valence-electron chi connectivity index (χ4n) is 4.82. The molecule has 1 atom stereocenters. The molecule has 1 aromatic heterocycles. The quantitative estimate of drug-likeness (QED) is 0.352. The second-order valence-corrected chi connectivity index (χ2v) is 12.9. The molecule has 41 heavy (non-hydrogen) atoms. The minimum absolute atomic E-state index is 0.0562. The van der Waals surface area contributed by atoms with Crippen molar-refractivity contribution in [2.24, 2.45) is 4.40 Å². The Morgan fingerprint density at radius 3 is 2.63 bits per heavy atom. The number of aromatic nitrogens is 1. The number of nitrogens with one attached hydrogen (secondary N) is 2. The van der Waals surface area contributed by atoms with Gasteiger partial charge in [-0.2, -0.15) is 8.42 Å². The standard InChI is InChI=1S/C28H26ClFN4O6S/c1-27(2,3)40-26(37)31-16-8-10-19-21(13-16)41(38,39)33-25(32-19)22-23(35)20-6-5-11-34(20)28(4,24(22)36)14-15-7-9-18(30)17(29)12-15/h5-13,35H,14H2,1-4H3,(H,31,37)(H,32,33). The average Bonchev–Trinajstić information content (AvgIpc) is 3.36. The van der Waals surface area contributed by atoms with E-state index in [4.69, 9.17) is 16.3 Å². The summed E-state index contributed by atoms with van der Waals surface area (Å²) in [6, 6.07) is 11.4. The van der Waals surface area contributed by atoms with Crippen LogP contribution >= 0.6 is 11.6 Å². The molecule has 0 aliphatic carbocycles. The lowest BCUT2D eigenvalue weighted by Crippen LogP contribution is -2.48. The first-order valence-electron chi connectivity index (χ1n) is 12.5. The third kappa shape index (κ3) is 5.20. The van der Waals surface area contributed by atoms with Gasteiger partial charge in [0.15, 0.2) is 17.4 Å². The number of benzene rings is 2. The average molecular weight is 601 g/mol. The zero-order valence-electron chi connectivity index (χ0n) is 22.5. The number of sulfonamides is 1. The maximum absolute atomic E-state index is 14.1. The lowest BCUT2D eigenvalue weighted by atomic mass is 9.81. The molecule has 2 aromatic carbocycles. The summed E-state index contributed by atoms with van der Waals surface area (Å²) in [5.41, 5.74) is -1.38. The van der Waals surface area contributed by atoms with E-state index in [2.05, 4.69) is 15.0 Å². The summed E-state index contributed by atoms with van der Waals surface area (Å²) < 4.78 is 51.0. The van der Waals surface area contributed by atoms with Crippen LogP contribution in [0.5, 0.6) is 0 Å². The van der Waals surface area contributed by atoms with E-state index in [0.717, 1.165) is 0 Å². The van der Waals surface area contributed by atoms with Gasteiger partial charge in [-0.05, 0) is 75.7 Å². The fourth-order valence-corrected chi connectivity index (χ4v) is 6.17. The molecule has 0 bridgehead atoms. The number of carbonyl (C=O) groups excluding carboxylic acids is 2. The number of rotatable bonds is 4. The Morgan fingerprint density at radius 2 is 1.95 bits per heavy atom. The molecule has 2 aliphatic rings. The van der Waals surface area contributed by atoms with Crippen LogP contribution in [-0.4, -0.2) is 41.4 Å². The van der Waals surface area contributed by atoms with Crippen LogP contribution in [0.4, 0.5) is 20.6 Å². The Morgan fingerprint density at radius 1 is 1.22 bits per heavy atom. The van der Waals surface area contributed by atoms with E-state index < -0.39 is 44.6 Å². The minimum atomic E-state index is -4.38. The number of nitrogens with zero attached hydrogens (tertiary/aromatic N) is 2. The molecule has 1 amide bonds. The number of Topliss-reactive ketones (excluding diaryl/α,β-unsaturated/α-hetero) is 1. The van der Waals surface area contributed by atoms with Crippen molar-refractivity contribution in [2.75, 3.05) is 10.6 Å². The van der Waals surface area contributed by atoms with Crippen LogP contribution in [0.3, 0.4) is 0 Å². The molecule has 3 aromatic rings. The van der Waals surface area contributed by atoms with Crippen LogP contribution in [0.25, 0.3) is 5.76 Å². The monoisotopic (exact) mass is 600 g/mol. The molecular weight excluding hydrogens is 575 g/mol. The third-order valence-electron chi connectivity index (χ3n) is 6.61. The first-order valence-corrected chi connectivity index (χ1v) is 14.3. The predicted molar refractivity (Wildman–Crippen MR) is 152 cm³/mol. The number of anilines is 2. The van der Waals surface area contributed by atoms with E-state index in [0.29, 0.717) is 5.56 Å². The highest BCUT2D eigenvalue weighted by molar-refractivity contribution is 7.90. The smallest absolute Gasteiger partial charge is 0.412 e. The van der Waals surface area contributed by atoms with Gasteiger partial charge in [0, 0.05) is 18.3 Å². The maximum atomic E-state index is 14.1. The Hall–Kier alpha value is -4.16. The van der Waals surface area contributed by atoms with Crippen LogP contribution in [0.15, 0.2) is 69.6 Å². The number of fused-ring (bicyclic) bond motifs is 2. The summed E-state index contributed by atoms with van der Waals surface area (Å²) in [6.45, 7) is 6.70. The number of aliphatic hydroxyl groups excluding tert-OH is 1. The van der Waals surface area contributed by atoms with E-state index >= 15 is 0 Å². The molecule has 0 saturated carbocycles. The topological polar surface area (TPSA) is 139 Å². The summed E-state index contributed by atoms with van der Waals surface area (Å²) in [4.78, 5) is 26.0. The van der Waals surface area contributed by atoms with Gasteiger partial charge in [0.05, 0.1) is 16.4 Å². The molecule has 3 N–H and O–H groups in total. The van der Waals surface area contributed by atoms with Crippen LogP contribution in [0.1, 0.15) is 39.0 Å². The Bertz CT molecular complexity index is 1790. The molecule has 5 rings (SSSR count). The van der Waals surface area contributed by atoms with Crippen molar-refractivity contribution in [2.45, 2.75) is 50.2 Å². The van der Waals surface area contributed by atoms with E-state index in [1.807, 2.05) is 0 Å². The van der Waals surface area contributed by atoms with Crippen LogP contribution in [0, 0.1) is 5.82 Å². The zero-order valence-corrected chi connectivity index (χ0v) is 24.0. The normalized spacial score (nSPS) is 19.6. The molecule has 0 radical (unpaired) electrons. The van der Waals surface area contributed by atoms with Crippen LogP contribution in [-0.2, 0) is 31.5 Å². The Balaban J connectivity index is 1.52. The maximum Gasteiger partial charge on any atom is 0.412 e. The zero-order chi connectivity index (χ0) is 29.9. The summed E-state index contributed by atoms with van der Waals surface area (Å²) in [5.74, 6) is -2.04. The van der Waals surface area contributed by atoms with Crippen molar-refractivity contribution in [1.29, 1.82) is 0 Å². The van der Waals surface area contributed by atoms with Crippen LogP contribution in [0.2, 0.25) is 5.02 Å². The number of hydrogen-bond donors (Lipinski definition) is 3. The van der Waals surface area contributed by atoms with E-state index in [1.165, 1.54) is 36.4 Å². The highest BCUT2D eigenvalue weighted by Gasteiger charge is 2.46. The van der Waals surface area contributed by atoms with E-state index in [9.17, 15) is 27.5 Å². The van der Waals surface area contributed by atoms with Crippen molar-refractivity contribution < 1.29 is 32.2 Å². The SMILES string of the molecule is CC(C)(C)OC(=O)Nc1ccc2c(c1)S(=O)(=O)N=C(C1=C(O)c3cccn3C(C)(Cc3ccc(F)c(Cl)c3)C1=O)N2. The molecule has 3 heterocycles. The third-order valence-corrected chi connectivity index (χ3v) is 8.22. The van der Waals surface area contributed by atoms with Gasteiger partial charge in [0.1, 0.15) is 27.4 Å². The molecule has 0 fully saturated rings. The van der Waals surface area contributed by atoms with E-state index in [1.54, 1.807) is 50.6 Å². The second-order valence-electron chi connectivity index (χ2n) is 10.9. The molecule has 13 heteroatoms. The van der Waals surface area contributed by atoms with E-state index in [-0.39, 0.29) is 44.8 Å². The highest BCUT2D eigenvalue weighted by atomic mass is 35.5. The number of halogens is 2. The Kier molecular flexibility index (Phi) is 6.74. The number of ketones is 1. The Labute approximate surface area is 240 Å². The van der Waals surface area contributed by atoms with Crippen molar-refractivity contribution in [3.8, 4) is 0 Å². The largest absolute Gasteiger partial charge is 0.505 e. The van der Waals surface area contributed by atoms with Gasteiger partial charge in [0.25, 0.3) is 10.0 Å². The number of aliphatic hydroxyl groups is 1. The summed E-state index contributed by atoms with van der Waals surface area (Å²) in [6.07, 6.45) is 0.906. The fraction of sp³-hybridized carbons (Fsp3) is 0.250. The van der Waals surface area contributed by atoms with Gasteiger partial charge >= 0.3 is 6.09 Å². The van der Waals surface area contributed by atoms with Gasteiger partial charge in [-0.3, -0.25) is 10.1 Å². The summed E-state index contributed by atoms with van der Waals surface area (Å²) >= 11 is 5.97. The van der Waals surface area contributed by atoms with Crippen LogP contribution < -0.4 is 10.6 Å². The van der Waals surface area contributed by atoms with Gasteiger partial charge in [-0.25, -0.2) is 9.18 Å². The first kappa shape index (κ1) is 28.4. The molecular formula is C28H26ClFN4O6S. The van der Waals surface area contributed by atoms with Gasteiger partial charge in [-0.15, -0.1) is 4.40 Å². The molecule has 10 nitrogen and oxygen atoms in total. The predicted octanol–water partition coefficient (Wildman–Crippen LogP) is 5.65. The number of amidine groups is 1. The number of ether oxygens (including phenoxy) is 1. The first-order chi connectivity index (χ1) is 19.1. The molecule has 0 spiro atoms. The molecule has 0 saturated heterocycles. The molecule has 1 unspecified atom stereocenters. The second kappa shape index (κ2) is 9.74. The lowest BCUT2D eigenvalue weighted by Gasteiger charge is -2.37. The van der Waals surface area contributed by atoms with Crippen molar-refractivity contribution in [1.82, 2.24) is 4.57 Å². The molecule has 214 valence electrons. The van der Waals surface area contributed by atoms with Crippen molar-refractivity contribution in [3.63, 3.8) is 0 Å². The highest BCUT2D eigenvalue weighted by Crippen LogP contribution is 2.40.